The summed E-state index contributed by atoms with van der Waals surface area (Å²) in [5.74, 6) is 0.143. The van der Waals surface area contributed by atoms with Crippen LogP contribution in [0.25, 0.3) is 17.0 Å². The minimum absolute atomic E-state index is 0.0171. The third-order valence-electron chi connectivity index (χ3n) is 3.12. The summed E-state index contributed by atoms with van der Waals surface area (Å²) in [5, 5.41) is 5.35. The molecule has 1 aromatic carbocycles. The first-order valence-electron chi connectivity index (χ1n) is 6.83. The molecule has 23 heavy (non-hydrogen) atoms. The number of amides is 1. The number of halogens is 1. The first kappa shape index (κ1) is 15.7. The number of rotatable bonds is 5. The van der Waals surface area contributed by atoms with E-state index < -0.39 is 0 Å². The van der Waals surface area contributed by atoms with Gasteiger partial charge in [-0.3, -0.25) is 9.59 Å². The highest BCUT2D eigenvalue weighted by Gasteiger charge is 2.07. The van der Waals surface area contributed by atoms with E-state index in [0.717, 1.165) is 15.4 Å². The Balaban J connectivity index is 1.60. The number of ketones is 1. The lowest BCUT2D eigenvalue weighted by molar-refractivity contribution is -0.116. The predicted molar refractivity (Wildman–Crippen MR) is 94.6 cm³/mol. The van der Waals surface area contributed by atoms with Crippen molar-refractivity contribution >= 4 is 56.0 Å². The lowest BCUT2D eigenvalue weighted by Crippen LogP contribution is -2.27. The van der Waals surface area contributed by atoms with Gasteiger partial charge in [0, 0.05) is 15.9 Å². The molecule has 3 rings (SSSR count). The van der Waals surface area contributed by atoms with Crippen molar-refractivity contribution in [3.63, 3.8) is 0 Å². The van der Waals surface area contributed by atoms with Gasteiger partial charge in [0.2, 0.25) is 5.91 Å². The number of carbonyl (C=O) groups is 2. The van der Waals surface area contributed by atoms with Gasteiger partial charge in [-0.2, -0.15) is 0 Å². The SMILES string of the molecule is O=C(/C=C/c1cc2cc(Br)ccc2o1)NCC(=O)c1cccs1. The fraction of sp³-hybridized carbons (Fsp3) is 0.0588. The van der Waals surface area contributed by atoms with Gasteiger partial charge in [-0.15, -0.1) is 11.3 Å². The van der Waals surface area contributed by atoms with Crippen molar-refractivity contribution in [2.24, 2.45) is 0 Å². The Hall–Kier alpha value is -2.18. The molecule has 0 aliphatic carbocycles. The maximum absolute atomic E-state index is 11.8. The Kier molecular flexibility index (Phi) is 4.73. The molecule has 0 radical (unpaired) electrons. The molecule has 3 aromatic rings. The highest BCUT2D eigenvalue weighted by atomic mass is 79.9. The molecule has 116 valence electrons. The number of furan rings is 1. The van der Waals surface area contributed by atoms with E-state index in [4.69, 9.17) is 4.42 Å². The van der Waals surface area contributed by atoms with Crippen LogP contribution in [-0.4, -0.2) is 18.2 Å². The normalized spacial score (nSPS) is 11.2. The molecule has 0 saturated heterocycles. The molecule has 0 aliphatic heterocycles. The zero-order valence-corrected chi connectivity index (χ0v) is 14.3. The van der Waals surface area contributed by atoms with Crippen LogP contribution >= 0.6 is 27.3 Å². The van der Waals surface area contributed by atoms with E-state index in [0.29, 0.717) is 10.6 Å². The van der Waals surface area contributed by atoms with Gasteiger partial charge < -0.3 is 9.73 Å². The summed E-state index contributed by atoms with van der Waals surface area (Å²) < 4.78 is 6.57. The fourth-order valence-corrected chi connectivity index (χ4v) is 3.07. The number of carbonyl (C=O) groups excluding carboxylic acids is 2. The summed E-state index contributed by atoms with van der Waals surface area (Å²) in [7, 11) is 0. The van der Waals surface area contributed by atoms with Crippen molar-refractivity contribution < 1.29 is 14.0 Å². The average molecular weight is 390 g/mol. The van der Waals surface area contributed by atoms with Crippen LogP contribution in [0.3, 0.4) is 0 Å². The van der Waals surface area contributed by atoms with Gasteiger partial charge in [0.1, 0.15) is 11.3 Å². The largest absolute Gasteiger partial charge is 0.457 e. The van der Waals surface area contributed by atoms with Gasteiger partial charge in [-0.25, -0.2) is 0 Å². The van der Waals surface area contributed by atoms with Crippen molar-refractivity contribution in [3.8, 4) is 0 Å². The van der Waals surface area contributed by atoms with Crippen molar-refractivity contribution in [3.05, 3.63) is 63.0 Å². The minimum Gasteiger partial charge on any atom is -0.457 e. The molecule has 2 heterocycles. The van der Waals surface area contributed by atoms with Crippen molar-refractivity contribution in [1.82, 2.24) is 5.32 Å². The van der Waals surface area contributed by atoms with Gasteiger partial charge in [-0.05, 0) is 41.8 Å². The Labute approximate surface area is 144 Å². The van der Waals surface area contributed by atoms with E-state index in [1.165, 1.54) is 17.4 Å². The van der Waals surface area contributed by atoms with Gasteiger partial charge in [0.25, 0.3) is 0 Å². The van der Waals surface area contributed by atoms with E-state index >= 15 is 0 Å². The minimum atomic E-state index is -0.337. The summed E-state index contributed by atoms with van der Waals surface area (Å²) in [6.45, 7) is -0.0171. The number of benzene rings is 1. The monoisotopic (exact) mass is 389 g/mol. The molecule has 1 amide bonds. The van der Waals surface area contributed by atoms with Crippen LogP contribution in [0.15, 0.2) is 56.7 Å². The molecule has 6 heteroatoms. The van der Waals surface area contributed by atoms with Gasteiger partial charge >= 0.3 is 0 Å². The molecule has 0 saturated carbocycles. The molecular weight excluding hydrogens is 378 g/mol. The molecule has 2 aromatic heterocycles. The first-order chi connectivity index (χ1) is 11.1. The van der Waals surface area contributed by atoms with E-state index in [-0.39, 0.29) is 18.2 Å². The van der Waals surface area contributed by atoms with Gasteiger partial charge in [0.15, 0.2) is 5.78 Å². The second-order valence-corrected chi connectivity index (χ2v) is 6.65. The van der Waals surface area contributed by atoms with Crippen LogP contribution in [-0.2, 0) is 4.79 Å². The Bertz CT molecular complexity index is 881. The molecular formula is C17H12BrNO3S. The van der Waals surface area contributed by atoms with Crippen LogP contribution in [0.1, 0.15) is 15.4 Å². The van der Waals surface area contributed by atoms with Gasteiger partial charge in [0.05, 0.1) is 11.4 Å². The maximum Gasteiger partial charge on any atom is 0.244 e. The predicted octanol–water partition coefficient (Wildman–Crippen LogP) is 4.27. The van der Waals surface area contributed by atoms with E-state index in [1.54, 1.807) is 18.2 Å². The topological polar surface area (TPSA) is 59.3 Å². The Morgan fingerprint density at radius 2 is 2.13 bits per heavy atom. The van der Waals surface area contributed by atoms with Crippen LogP contribution in [0.5, 0.6) is 0 Å². The summed E-state index contributed by atoms with van der Waals surface area (Å²) in [6, 6.07) is 11.1. The van der Waals surface area contributed by atoms with E-state index in [9.17, 15) is 9.59 Å². The second kappa shape index (κ2) is 6.93. The van der Waals surface area contributed by atoms with Crippen LogP contribution in [0.2, 0.25) is 0 Å². The zero-order valence-electron chi connectivity index (χ0n) is 11.9. The number of hydrogen-bond acceptors (Lipinski definition) is 4. The second-order valence-electron chi connectivity index (χ2n) is 4.78. The van der Waals surface area contributed by atoms with Crippen molar-refractivity contribution in [1.29, 1.82) is 0 Å². The smallest absolute Gasteiger partial charge is 0.244 e. The average Bonchev–Trinajstić information content (AvgIpc) is 3.19. The third kappa shape index (κ3) is 3.97. The summed E-state index contributed by atoms with van der Waals surface area (Å²) in [6.07, 6.45) is 2.94. The van der Waals surface area contributed by atoms with Crippen LogP contribution in [0.4, 0.5) is 0 Å². The molecule has 0 unspecified atom stereocenters. The Morgan fingerprint density at radius 1 is 1.26 bits per heavy atom. The summed E-state index contributed by atoms with van der Waals surface area (Å²) >= 11 is 4.76. The Morgan fingerprint density at radius 3 is 2.91 bits per heavy atom. The quantitative estimate of drug-likeness (QED) is 0.523. The number of thiophene rings is 1. The highest BCUT2D eigenvalue weighted by molar-refractivity contribution is 9.10. The molecule has 0 spiro atoms. The number of hydrogen-bond donors (Lipinski definition) is 1. The summed E-state index contributed by atoms with van der Waals surface area (Å²) in [5.41, 5.74) is 0.751. The number of Topliss-reactive ketones (excluding diaryl/α,β-unsaturated/α-hetero) is 1. The molecule has 4 nitrogen and oxygen atoms in total. The molecule has 0 aliphatic rings. The molecule has 0 atom stereocenters. The van der Waals surface area contributed by atoms with Gasteiger partial charge in [-0.1, -0.05) is 22.0 Å². The first-order valence-corrected chi connectivity index (χ1v) is 8.51. The highest BCUT2D eigenvalue weighted by Crippen LogP contribution is 2.23. The van der Waals surface area contributed by atoms with Crippen LogP contribution < -0.4 is 5.32 Å². The fourth-order valence-electron chi connectivity index (χ4n) is 2.03. The zero-order chi connectivity index (χ0) is 16.2. The lowest BCUT2D eigenvalue weighted by Gasteiger charge is -1.99. The molecule has 1 N–H and O–H groups in total. The van der Waals surface area contributed by atoms with E-state index in [1.807, 2.05) is 29.6 Å². The van der Waals surface area contributed by atoms with E-state index in [2.05, 4.69) is 21.2 Å². The number of nitrogens with one attached hydrogen (secondary N) is 1. The standard InChI is InChI=1S/C17H12BrNO3S/c18-12-3-5-15-11(8-12)9-13(22-15)4-6-17(21)19-10-14(20)16-2-1-7-23-16/h1-9H,10H2,(H,19,21)/b6-4+. The molecule has 0 fully saturated rings. The lowest BCUT2D eigenvalue weighted by atomic mass is 10.2. The molecule has 0 bridgehead atoms. The van der Waals surface area contributed by atoms with Crippen LogP contribution in [0, 0.1) is 0 Å². The third-order valence-corrected chi connectivity index (χ3v) is 4.52. The van der Waals surface area contributed by atoms with Crippen molar-refractivity contribution in [2.75, 3.05) is 6.54 Å². The number of fused-ring (bicyclic) bond motifs is 1. The summed E-state index contributed by atoms with van der Waals surface area (Å²) in [4.78, 5) is 24.2. The van der Waals surface area contributed by atoms with Crippen molar-refractivity contribution in [2.45, 2.75) is 0 Å². The maximum atomic E-state index is 11.8.